The molecule has 1 amide bonds. The lowest BCUT2D eigenvalue weighted by Crippen LogP contribution is -2.19. The second-order valence-electron chi connectivity index (χ2n) is 3.89. The molecule has 0 bridgehead atoms. The maximum absolute atomic E-state index is 13.3. The average molecular weight is 281 g/mol. The number of rotatable bonds is 0. The van der Waals surface area contributed by atoms with Crippen molar-refractivity contribution in [2.45, 2.75) is 6.42 Å². The highest BCUT2D eigenvalue weighted by Crippen LogP contribution is 2.40. The van der Waals surface area contributed by atoms with Crippen molar-refractivity contribution in [1.82, 2.24) is 5.32 Å². The smallest absolute Gasteiger partial charge is 0.263 e. The van der Waals surface area contributed by atoms with Crippen LogP contribution in [0, 0.1) is 5.82 Å². The summed E-state index contributed by atoms with van der Waals surface area (Å²) in [6, 6.07) is 4.32. The summed E-state index contributed by atoms with van der Waals surface area (Å²) < 4.78 is 19.2. The Labute approximate surface area is 112 Å². The number of halogens is 1. The number of amides is 1. The van der Waals surface area contributed by atoms with E-state index in [9.17, 15) is 9.18 Å². The molecule has 6 heteroatoms. The third-order valence-corrected chi connectivity index (χ3v) is 4.04. The molecule has 0 unspecified atom stereocenters. The molecule has 2 aliphatic heterocycles. The van der Waals surface area contributed by atoms with Gasteiger partial charge in [-0.3, -0.25) is 4.79 Å². The van der Waals surface area contributed by atoms with Crippen LogP contribution in [0.15, 0.2) is 23.1 Å². The van der Waals surface area contributed by atoms with Crippen molar-refractivity contribution in [3.8, 4) is 5.75 Å². The van der Waals surface area contributed by atoms with Crippen LogP contribution in [0.3, 0.4) is 0 Å². The van der Waals surface area contributed by atoms with Crippen LogP contribution in [-0.2, 0) is 4.79 Å². The number of thiocarbonyl (C=S) groups is 1. The minimum absolute atomic E-state index is 0.211. The lowest BCUT2D eigenvalue weighted by Gasteiger charge is -2.20. The molecule has 0 aliphatic carbocycles. The Morgan fingerprint density at radius 2 is 2.28 bits per heavy atom. The van der Waals surface area contributed by atoms with E-state index in [1.165, 1.54) is 23.9 Å². The second kappa shape index (κ2) is 4.37. The van der Waals surface area contributed by atoms with E-state index >= 15 is 0 Å². The molecule has 0 spiro atoms. The summed E-state index contributed by atoms with van der Waals surface area (Å²) in [4.78, 5) is 12.3. The minimum atomic E-state index is -0.344. The molecule has 1 aromatic carbocycles. The quantitative estimate of drug-likeness (QED) is 0.585. The van der Waals surface area contributed by atoms with E-state index in [4.69, 9.17) is 17.0 Å². The molecule has 3 nitrogen and oxygen atoms in total. The molecule has 1 saturated heterocycles. The van der Waals surface area contributed by atoms with Crippen LogP contribution in [0.5, 0.6) is 5.75 Å². The van der Waals surface area contributed by atoms with Gasteiger partial charge in [0.2, 0.25) is 0 Å². The van der Waals surface area contributed by atoms with Crippen LogP contribution < -0.4 is 10.1 Å². The van der Waals surface area contributed by atoms with E-state index in [1.54, 1.807) is 6.07 Å². The topological polar surface area (TPSA) is 38.3 Å². The van der Waals surface area contributed by atoms with Crippen molar-refractivity contribution in [3.63, 3.8) is 0 Å². The maximum atomic E-state index is 13.3. The summed E-state index contributed by atoms with van der Waals surface area (Å²) in [5.41, 5.74) is 1.45. The predicted molar refractivity (Wildman–Crippen MR) is 71.8 cm³/mol. The lowest BCUT2D eigenvalue weighted by atomic mass is 9.99. The molecule has 0 atom stereocenters. The Bertz CT molecular complexity index is 598. The first-order valence-electron chi connectivity index (χ1n) is 5.34. The van der Waals surface area contributed by atoms with Crippen LogP contribution in [0.1, 0.15) is 12.0 Å². The molecule has 0 aromatic heterocycles. The standard InChI is InChI=1S/C12H8FNO2S2/c13-6-1-2-9-8(5-6)7(3-4-16-9)10-11(15)14-12(17)18-10/h1-2,5H,3-4H2,(H,14,15,17)/b10-7+. The number of thioether (sulfide) groups is 1. The van der Waals surface area contributed by atoms with Gasteiger partial charge in [-0.2, -0.15) is 0 Å². The Morgan fingerprint density at radius 1 is 1.44 bits per heavy atom. The number of benzene rings is 1. The first-order chi connectivity index (χ1) is 8.65. The van der Waals surface area contributed by atoms with Gasteiger partial charge in [0, 0.05) is 12.0 Å². The van der Waals surface area contributed by atoms with Gasteiger partial charge in [0.25, 0.3) is 5.91 Å². The molecule has 92 valence electrons. The van der Waals surface area contributed by atoms with E-state index in [0.717, 1.165) is 5.57 Å². The van der Waals surface area contributed by atoms with Gasteiger partial charge in [-0.05, 0) is 23.8 Å². The van der Waals surface area contributed by atoms with Gasteiger partial charge in [-0.25, -0.2) is 4.39 Å². The third kappa shape index (κ3) is 1.91. The van der Waals surface area contributed by atoms with E-state index < -0.39 is 0 Å². The van der Waals surface area contributed by atoms with Gasteiger partial charge in [0.1, 0.15) is 15.9 Å². The number of carbonyl (C=O) groups is 1. The molecule has 18 heavy (non-hydrogen) atoms. The normalized spacial score (nSPS) is 22.5. The van der Waals surface area contributed by atoms with E-state index in [1.807, 2.05) is 0 Å². The number of ether oxygens (including phenoxy) is 1. The Morgan fingerprint density at radius 3 is 3.00 bits per heavy atom. The summed E-state index contributed by atoms with van der Waals surface area (Å²) in [7, 11) is 0. The molecule has 2 heterocycles. The van der Waals surface area contributed by atoms with Crippen LogP contribution in [0.25, 0.3) is 5.57 Å². The van der Waals surface area contributed by atoms with E-state index in [0.29, 0.717) is 33.6 Å². The van der Waals surface area contributed by atoms with Gasteiger partial charge in [0.15, 0.2) is 0 Å². The number of hydrogen-bond donors (Lipinski definition) is 1. The average Bonchev–Trinajstić information content (AvgIpc) is 2.67. The molecular weight excluding hydrogens is 273 g/mol. The van der Waals surface area contributed by atoms with Gasteiger partial charge in [-0.1, -0.05) is 24.0 Å². The van der Waals surface area contributed by atoms with Crippen LogP contribution in [-0.4, -0.2) is 16.8 Å². The van der Waals surface area contributed by atoms with Crippen LogP contribution in [0.4, 0.5) is 4.39 Å². The zero-order valence-corrected chi connectivity index (χ0v) is 10.8. The SMILES string of the molecule is O=C1NC(=S)S/C1=C1\CCOc2ccc(F)cc21. The molecule has 1 aromatic rings. The summed E-state index contributed by atoms with van der Waals surface area (Å²) in [5.74, 6) is 0.0526. The van der Waals surface area contributed by atoms with Gasteiger partial charge >= 0.3 is 0 Å². The Kier molecular flexibility index (Phi) is 2.83. The van der Waals surface area contributed by atoms with Crippen molar-refractivity contribution in [1.29, 1.82) is 0 Å². The minimum Gasteiger partial charge on any atom is -0.493 e. The predicted octanol–water partition coefficient (Wildman–Crippen LogP) is 2.47. The summed E-state index contributed by atoms with van der Waals surface area (Å²) >= 11 is 6.18. The van der Waals surface area contributed by atoms with Gasteiger partial charge in [0.05, 0.1) is 11.5 Å². The summed E-state index contributed by atoms with van der Waals surface area (Å²) in [5, 5.41) is 2.57. The van der Waals surface area contributed by atoms with Gasteiger partial charge < -0.3 is 10.1 Å². The van der Waals surface area contributed by atoms with E-state index in [-0.39, 0.29) is 11.7 Å². The fourth-order valence-corrected chi connectivity index (χ4v) is 3.16. The Hall–Kier alpha value is -1.40. The second-order valence-corrected chi connectivity index (χ2v) is 5.58. The van der Waals surface area contributed by atoms with E-state index in [2.05, 4.69) is 5.32 Å². The summed E-state index contributed by atoms with van der Waals surface area (Å²) in [6.07, 6.45) is 0.578. The third-order valence-electron chi connectivity index (χ3n) is 2.77. The molecule has 2 aliphatic rings. The molecule has 3 rings (SSSR count). The molecule has 1 fully saturated rings. The largest absolute Gasteiger partial charge is 0.493 e. The lowest BCUT2D eigenvalue weighted by molar-refractivity contribution is -0.115. The highest BCUT2D eigenvalue weighted by molar-refractivity contribution is 8.26. The fourth-order valence-electron chi connectivity index (χ4n) is 2.01. The Balaban J connectivity index is 2.16. The summed E-state index contributed by atoms with van der Waals surface area (Å²) in [6.45, 7) is 0.484. The van der Waals surface area contributed by atoms with Crippen molar-refractivity contribution in [3.05, 3.63) is 34.5 Å². The van der Waals surface area contributed by atoms with Crippen molar-refractivity contribution < 1.29 is 13.9 Å². The number of carbonyl (C=O) groups excluding carboxylic acids is 1. The fraction of sp³-hybridized carbons (Fsp3) is 0.167. The number of hydrogen-bond acceptors (Lipinski definition) is 4. The number of nitrogens with one attached hydrogen (secondary N) is 1. The zero-order valence-electron chi connectivity index (χ0n) is 9.16. The van der Waals surface area contributed by atoms with Crippen molar-refractivity contribution >= 4 is 39.8 Å². The van der Waals surface area contributed by atoms with Crippen molar-refractivity contribution in [2.24, 2.45) is 0 Å². The van der Waals surface area contributed by atoms with Gasteiger partial charge in [-0.15, -0.1) is 0 Å². The maximum Gasteiger partial charge on any atom is 0.263 e. The molecule has 0 radical (unpaired) electrons. The molecular formula is C12H8FNO2S2. The highest BCUT2D eigenvalue weighted by Gasteiger charge is 2.29. The number of fused-ring (bicyclic) bond motifs is 1. The monoisotopic (exact) mass is 281 g/mol. The molecule has 0 saturated carbocycles. The van der Waals surface area contributed by atoms with Crippen molar-refractivity contribution in [2.75, 3.05) is 6.61 Å². The zero-order chi connectivity index (χ0) is 12.7. The first kappa shape index (κ1) is 11.7. The van der Waals surface area contributed by atoms with Crippen LogP contribution in [0.2, 0.25) is 0 Å². The van der Waals surface area contributed by atoms with Crippen LogP contribution >= 0.6 is 24.0 Å². The molecule has 1 N–H and O–H groups in total. The first-order valence-corrected chi connectivity index (χ1v) is 6.56. The highest BCUT2D eigenvalue weighted by atomic mass is 32.2.